The van der Waals surface area contributed by atoms with Crippen LogP contribution in [-0.2, 0) is 22.0 Å². The smallest absolute Gasteiger partial charge is 0.227 e. The molecule has 0 aliphatic carbocycles. The molecule has 0 spiro atoms. The Morgan fingerprint density at radius 2 is 1.94 bits per heavy atom. The van der Waals surface area contributed by atoms with Gasteiger partial charge in [-0.1, -0.05) is 0 Å². The maximum Gasteiger partial charge on any atom is 0.227 e. The quantitative estimate of drug-likeness (QED) is 0.715. The Bertz CT molecular complexity index is 996. The first-order valence-corrected chi connectivity index (χ1v) is 12.0. The van der Waals surface area contributed by atoms with Gasteiger partial charge in [0.2, 0.25) is 11.9 Å². The number of piperidine rings is 1. The summed E-state index contributed by atoms with van der Waals surface area (Å²) in [5.74, 6) is 3.03. The molecule has 2 fully saturated rings. The van der Waals surface area contributed by atoms with Gasteiger partial charge in [0.05, 0.1) is 16.5 Å². The summed E-state index contributed by atoms with van der Waals surface area (Å²) in [6.45, 7) is 3.83. The van der Waals surface area contributed by atoms with Crippen LogP contribution in [0.2, 0.25) is 0 Å². The zero-order chi connectivity index (χ0) is 21.4. The van der Waals surface area contributed by atoms with Crippen molar-refractivity contribution in [1.82, 2.24) is 24.8 Å². The van der Waals surface area contributed by atoms with Crippen LogP contribution in [0.15, 0.2) is 23.5 Å². The number of anilines is 3. The highest BCUT2D eigenvalue weighted by Gasteiger charge is 2.31. The van der Waals surface area contributed by atoms with Crippen LogP contribution in [0.25, 0.3) is 0 Å². The van der Waals surface area contributed by atoms with Crippen molar-refractivity contribution in [2.75, 3.05) is 60.6 Å². The Labute approximate surface area is 183 Å². The molecule has 1 amide bonds. The normalized spacial score (nSPS) is 23.8. The predicted octanol–water partition coefficient (Wildman–Crippen LogP) is 0.290. The number of likely N-dealkylation sites (N-methyl/N-ethyl adjacent to an activating group) is 1. The van der Waals surface area contributed by atoms with Crippen molar-refractivity contribution in [3.8, 4) is 0 Å². The second-order valence-corrected chi connectivity index (χ2v) is 9.65. The van der Waals surface area contributed by atoms with E-state index in [1.54, 1.807) is 17.4 Å². The third-order valence-electron chi connectivity index (χ3n) is 6.10. The number of carbonyl (C=O) groups excluding carboxylic acids is 1. The molecule has 2 atom stereocenters. The molecule has 1 N–H and O–H groups in total. The Balaban J connectivity index is 1.35. The van der Waals surface area contributed by atoms with Crippen LogP contribution in [0.1, 0.15) is 18.5 Å². The lowest BCUT2D eigenvalue weighted by molar-refractivity contribution is -0.132. The maximum absolute atomic E-state index is 12.6. The third kappa shape index (κ3) is 4.06. The molecule has 0 bridgehead atoms. The van der Waals surface area contributed by atoms with Crippen LogP contribution in [-0.4, -0.2) is 86.5 Å². The predicted molar refractivity (Wildman–Crippen MR) is 118 cm³/mol. The minimum Gasteiger partial charge on any atom is -0.364 e. The molecule has 0 saturated carbocycles. The summed E-state index contributed by atoms with van der Waals surface area (Å²) in [7, 11) is 0.739. The van der Waals surface area contributed by atoms with E-state index in [9.17, 15) is 9.00 Å². The van der Waals surface area contributed by atoms with Gasteiger partial charge in [0, 0.05) is 70.6 Å². The second-order valence-electron chi connectivity index (χ2n) is 8.14. The Morgan fingerprint density at radius 1 is 1.13 bits per heavy atom. The summed E-state index contributed by atoms with van der Waals surface area (Å²) in [5, 5.41) is 3.48. The Kier molecular flexibility index (Phi) is 5.43. The molecule has 164 valence electrons. The SMILES string of the molecule is CN1CC(Nc2nc(N3CCN(c4ccncn4)CC3)nc3c2[S@@](=O)CC3)CCC1=O. The minimum absolute atomic E-state index is 0.0989. The fourth-order valence-corrected chi connectivity index (χ4v) is 5.67. The molecule has 11 heteroatoms. The molecule has 5 rings (SSSR count). The number of rotatable bonds is 4. The summed E-state index contributed by atoms with van der Waals surface area (Å²) in [6, 6.07) is 2.02. The molecule has 1 unspecified atom stereocenters. The molecular weight excluding hydrogens is 416 g/mol. The monoisotopic (exact) mass is 442 g/mol. The highest BCUT2D eigenvalue weighted by Crippen LogP contribution is 2.31. The lowest BCUT2D eigenvalue weighted by atomic mass is 10.1. The zero-order valence-electron chi connectivity index (χ0n) is 17.5. The zero-order valence-corrected chi connectivity index (χ0v) is 18.3. The molecule has 3 aliphatic heterocycles. The standard InChI is InChI=1S/C20H26N8O2S/c1-26-12-14(2-3-17(26)29)23-19-18-15(5-11-31(18)30)24-20(25-19)28-9-7-27(8-10-28)16-4-6-21-13-22-16/h4,6,13-14H,2-3,5,7-12H2,1H3,(H,23,24,25)/t14?,31-/m0/s1. The van der Waals surface area contributed by atoms with Gasteiger partial charge in [0.15, 0.2) is 0 Å². The topological polar surface area (TPSA) is 107 Å². The first kappa shape index (κ1) is 20.1. The van der Waals surface area contributed by atoms with Gasteiger partial charge in [-0.2, -0.15) is 4.98 Å². The van der Waals surface area contributed by atoms with Crippen molar-refractivity contribution in [3.05, 3.63) is 24.3 Å². The second kappa shape index (κ2) is 8.37. The van der Waals surface area contributed by atoms with Crippen molar-refractivity contribution < 1.29 is 9.00 Å². The number of likely N-dealkylation sites (tertiary alicyclic amines) is 1. The highest BCUT2D eigenvalue weighted by atomic mass is 32.2. The van der Waals surface area contributed by atoms with Crippen molar-refractivity contribution in [2.45, 2.75) is 30.2 Å². The van der Waals surface area contributed by atoms with E-state index in [1.807, 2.05) is 13.1 Å². The molecule has 3 aliphatic rings. The summed E-state index contributed by atoms with van der Waals surface area (Å²) in [4.78, 5) is 36.6. The summed E-state index contributed by atoms with van der Waals surface area (Å²) < 4.78 is 12.6. The van der Waals surface area contributed by atoms with Gasteiger partial charge in [-0.25, -0.2) is 15.0 Å². The van der Waals surface area contributed by atoms with E-state index >= 15 is 0 Å². The fourth-order valence-electron chi connectivity index (χ4n) is 4.35. The number of fused-ring (bicyclic) bond motifs is 1. The molecule has 2 aromatic heterocycles. The van der Waals surface area contributed by atoms with Crippen molar-refractivity contribution in [1.29, 1.82) is 0 Å². The summed E-state index contributed by atoms with van der Waals surface area (Å²) in [6.07, 6.45) is 5.30. The average molecular weight is 443 g/mol. The number of amides is 1. The van der Waals surface area contributed by atoms with E-state index in [0.29, 0.717) is 36.9 Å². The summed E-state index contributed by atoms with van der Waals surface area (Å²) >= 11 is 0. The van der Waals surface area contributed by atoms with Crippen LogP contribution in [0, 0.1) is 0 Å². The van der Waals surface area contributed by atoms with E-state index in [4.69, 9.17) is 9.97 Å². The molecule has 0 radical (unpaired) electrons. The number of nitrogens with zero attached hydrogens (tertiary/aromatic N) is 7. The van der Waals surface area contributed by atoms with Gasteiger partial charge in [-0.05, 0) is 12.5 Å². The van der Waals surface area contributed by atoms with E-state index < -0.39 is 10.8 Å². The molecule has 31 heavy (non-hydrogen) atoms. The van der Waals surface area contributed by atoms with Gasteiger partial charge in [-0.15, -0.1) is 0 Å². The van der Waals surface area contributed by atoms with Crippen LogP contribution >= 0.6 is 0 Å². The molecule has 0 aromatic carbocycles. The molecule has 2 aromatic rings. The number of carbonyl (C=O) groups is 1. The lowest BCUT2D eigenvalue weighted by Gasteiger charge is -2.36. The molecule has 5 heterocycles. The molecule has 2 saturated heterocycles. The fraction of sp³-hybridized carbons (Fsp3) is 0.550. The number of aromatic nitrogens is 4. The Hall–Kier alpha value is -2.82. The molecular formula is C20H26N8O2S. The first-order valence-electron chi connectivity index (χ1n) is 10.6. The average Bonchev–Trinajstić information content (AvgIpc) is 3.18. The van der Waals surface area contributed by atoms with E-state index in [-0.39, 0.29) is 11.9 Å². The number of piperazine rings is 1. The number of nitrogens with one attached hydrogen (secondary N) is 1. The van der Waals surface area contributed by atoms with Crippen molar-refractivity contribution >= 4 is 34.3 Å². The van der Waals surface area contributed by atoms with Crippen LogP contribution in [0.5, 0.6) is 0 Å². The van der Waals surface area contributed by atoms with Crippen LogP contribution in [0.4, 0.5) is 17.6 Å². The van der Waals surface area contributed by atoms with Gasteiger partial charge in [-0.3, -0.25) is 9.00 Å². The lowest BCUT2D eigenvalue weighted by Crippen LogP contribution is -2.47. The maximum atomic E-state index is 12.6. The van der Waals surface area contributed by atoms with Gasteiger partial charge >= 0.3 is 0 Å². The van der Waals surface area contributed by atoms with Gasteiger partial charge in [0.25, 0.3) is 0 Å². The number of hydrogen-bond acceptors (Lipinski definition) is 9. The first-order chi connectivity index (χ1) is 15.1. The van der Waals surface area contributed by atoms with E-state index in [1.165, 1.54) is 0 Å². The van der Waals surface area contributed by atoms with Gasteiger partial charge in [0.1, 0.15) is 22.9 Å². The highest BCUT2D eigenvalue weighted by molar-refractivity contribution is 7.85. The molecule has 10 nitrogen and oxygen atoms in total. The van der Waals surface area contributed by atoms with Crippen molar-refractivity contribution in [2.24, 2.45) is 0 Å². The van der Waals surface area contributed by atoms with E-state index in [0.717, 1.165) is 49.0 Å². The minimum atomic E-state index is -1.08. The van der Waals surface area contributed by atoms with Crippen LogP contribution < -0.4 is 15.1 Å². The Morgan fingerprint density at radius 3 is 2.68 bits per heavy atom. The third-order valence-corrected chi connectivity index (χ3v) is 7.56. The van der Waals surface area contributed by atoms with E-state index in [2.05, 4.69) is 25.1 Å². The summed E-state index contributed by atoms with van der Waals surface area (Å²) in [5.41, 5.74) is 0.879. The van der Waals surface area contributed by atoms with Crippen molar-refractivity contribution in [3.63, 3.8) is 0 Å². The largest absolute Gasteiger partial charge is 0.364 e. The number of hydrogen-bond donors (Lipinski definition) is 1. The number of aryl methyl sites for hydroxylation is 1. The van der Waals surface area contributed by atoms with Crippen LogP contribution in [0.3, 0.4) is 0 Å². The van der Waals surface area contributed by atoms with Gasteiger partial charge < -0.3 is 20.0 Å².